The third-order valence-electron chi connectivity index (χ3n) is 4.28. The highest BCUT2D eigenvalue weighted by molar-refractivity contribution is 5.82. The zero-order valence-electron chi connectivity index (χ0n) is 12.1. The summed E-state index contributed by atoms with van der Waals surface area (Å²) in [6, 6.07) is 0. The van der Waals surface area contributed by atoms with E-state index in [0.717, 1.165) is 25.7 Å². The maximum atomic E-state index is 12.0. The number of rotatable bonds is 6. The number of nitrogens with two attached hydrogens (primary N) is 2. The van der Waals surface area contributed by atoms with Crippen LogP contribution in [-0.2, 0) is 9.59 Å². The number of hydrogen-bond acceptors (Lipinski definition) is 3. The largest absolute Gasteiger partial charge is 0.369 e. The molecule has 19 heavy (non-hydrogen) atoms. The van der Waals surface area contributed by atoms with Crippen molar-refractivity contribution in [3.05, 3.63) is 0 Å². The molecule has 0 aromatic rings. The Kier molecular flexibility index (Phi) is 5.35. The molecule has 1 fully saturated rings. The third kappa shape index (κ3) is 4.49. The van der Waals surface area contributed by atoms with E-state index < -0.39 is 11.3 Å². The minimum absolute atomic E-state index is 0.0262. The van der Waals surface area contributed by atoms with Crippen molar-refractivity contribution >= 4 is 11.8 Å². The average molecular weight is 269 g/mol. The van der Waals surface area contributed by atoms with Crippen LogP contribution in [0.1, 0.15) is 52.4 Å². The fraction of sp³-hybridized carbons (Fsp3) is 0.857. The average Bonchev–Trinajstić information content (AvgIpc) is 2.37. The van der Waals surface area contributed by atoms with Gasteiger partial charge in [0, 0.05) is 13.0 Å². The van der Waals surface area contributed by atoms with Crippen LogP contribution in [0.15, 0.2) is 0 Å². The molecular formula is C14H27N3O2. The summed E-state index contributed by atoms with van der Waals surface area (Å²) in [4.78, 5) is 23.2. The summed E-state index contributed by atoms with van der Waals surface area (Å²) < 4.78 is 0. The molecule has 1 saturated carbocycles. The third-order valence-corrected chi connectivity index (χ3v) is 4.28. The zero-order valence-corrected chi connectivity index (χ0v) is 12.1. The fourth-order valence-corrected chi connectivity index (χ4v) is 2.56. The number of carbonyl (C=O) groups excluding carboxylic acids is 2. The molecule has 1 aliphatic carbocycles. The maximum Gasteiger partial charge on any atom is 0.224 e. The SMILES string of the molecule is CC(C)(CNC(=O)CC1(CN)CCCCC1)C(N)=O. The van der Waals surface area contributed by atoms with E-state index in [9.17, 15) is 9.59 Å². The van der Waals surface area contributed by atoms with Crippen LogP contribution in [0.2, 0.25) is 0 Å². The Hall–Kier alpha value is -1.10. The predicted molar refractivity (Wildman–Crippen MR) is 75.2 cm³/mol. The van der Waals surface area contributed by atoms with Gasteiger partial charge in [-0.3, -0.25) is 9.59 Å². The van der Waals surface area contributed by atoms with E-state index in [0.29, 0.717) is 13.0 Å². The maximum absolute atomic E-state index is 12.0. The first-order chi connectivity index (χ1) is 8.81. The minimum atomic E-state index is -0.710. The molecule has 0 aromatic heterocycles. The highest BCUT2D eigenvalue weighted by Gasteiger charge is 2.33. The van der Waals surface area contributed by atoms with Gasteiger partial charge in [-0.15, -0.1) is 0 Å². The van der Waals surface area contributed by atoms with Crippen molar-refractivity contribution in [2.75, 3.05) is 13.1 Å². The molecule has 5 heteroatoms. The topological polar surface area (TPSA) is 98.2 Å². The van der Waals surface area contributed by atoms with E-state index in [2.05, 4.69) is 5.32 Å². The number of hydrogen-bond donors (Lipinski definition) is 3. The Balaban J connectivity index is 2.48. The fourth-order valence-electron chi connectivity index (χ4n) is 2.56. The number of primary amides is 1. The van der Waals surface area contributed by atoms with Crippen molar-refractivity contribution in [1.29, 1.82) is 0 Å². The van der Waals surface area contributed by atoms with Crippen LogP contribution in [0.25, 0.3) is 0 Å². The second kappa shape index (κ2) is 6.37. The summed E-state index contributed by atoms with van der Waals surface area (Å²) in [5.41, 5.74) is 10.4. The second-order valence-electron chi connectivity index (χ2n) is 6.47. The molecule has 0 radical (unpaired) electrons. The molecule has 0 bridgehead atoms. The van der Waals surface area contributed by atoms with Crippen molar-refractivity contribution in [2.24, 2.45) is 22.3 Å². The summed E-state index contributed by atoms with van der Waals surface area (Å²) in [7, 11) is 0. The lowest BCUT2D eigenvalue weighted by Crippen LogP contribution is -2.44. The van der Waals surface area contributed by atoms with E-state index in [1.54, 1.807) is 13.8 Å². The molecule has 0 aliphatic heterocycles. The second-order valence-corrected chi connectivity index (χ2v) is 6.47. The lowest BCUT2D eigenvalue weighted by Gasteiger charge is -2.36. The molecule has 110 valence electrons. The Morgan fingerprint density at radius 3 is 2.26 bits per heavy atom. The Labute approximate surface area is 115 Å². The van der Waals surface area contributed by atoms with Crippen molar-refractivity contribution in [2.45, 2.75) is 52.4 Å². The van der Waals surface area contributed by atoms with Crippen LogP contribution in [0.3, 0.4) is 0 Å². The lowest BCUT2D eigenvalue weighted by molar-refractivity contribution is -0.127. The van der Waals surface area contributed by atoms with Crippen molar-refractivity contribution in [1.82, 2.24) is 5.32 Å². The highest BCUT2D eigenvalue weighted by Crippen LogP contribution is 2.38. The van der Waals surface area contributed by atoms with Gasteiger partial charge in [0.1, 0.15) is 0 Å². The molecule has 5 N–H and O–H groups in total. The van der Waals surface area contributed by atoms with Gasteiger partial charge in [0.25, 0.3) is 0 Å². The molecule has 0 unspecified atom stereocenters. The molecule has 0 heterocycles. The van der Waals surface area contributed by atoms with Crippen LogP contribution in [-0.4, -0.2) is 24.9 Å². The molecule has 5 nitrogen and oxygen atoms in total. The van der Waals surface area contributed by atoms with Crippen LogP contribution in [0, 0.1) is 10.8 Å². The van der Waals surface area contributed by atoms with Gasteiger partial charge in [0.2, 0.25) is 11.8 Å². The van der Waals surface area contributed by atoms with Gasteiger partial charge in [-0.2, -0.15) is 0 Å². The van der Waals surface area contributed by atoms with Gasteiger partial charge >= 0.3 is 0 Å². The lowest BCUT2D eigenvalue weighted by atomic mass is 9.71. The summed E-state index contributed by atoms with van der Waals surface area (Å²) in [5, 5.41) is 2.82. The number of nitrogens with one attached hydrogen (secondary N) is 1. The summed E-state index contributed by atoms with van der Waals surface area (Å²) in [5.74, 6) is -0.430. The summed E-state index contributed by atoms with van der Waals surface area (Å²) in [6.07, 6.45) is 6.04. The van der Waals surface area contributed by atoms with Crippen LogP contribution >= 0.6 is 0 Å². The monoisotopic (exact) mass is 269 g/mol. The molecule has 0 saturated heterocycles. The van der Waals surface area contributed by atoms with Crippen molar-refractivity contribution in [3.63, 3.8) is 0 Å². The van der Waals surface area contributed by atoms with Crippen LogP contribution < -0.4 is 16.8 Å². The number of carbonyl (C=O) groups is 2. The Morgan fingerprint density at radius 1 is 1.21 bits per heavy atom. The molecule has 2 amide bonds. The normalized spacial score (nSPS) is 18.9. The van der Waals surface area contributed by atoms with Gasteiger partial charge in [-0.05, 0) is 38.6 Å². The van der Waals surface area contributed by atoms with E-state index in [4.69, 9.17) is 11.5 Å². The first-order valence-corrected chi connectivity index (χ1v) is 7.08. The summed E-state index contributed by atoms with van der Waals surface area (Å²) in [6.45, 7) is 4.30. The van der Waals surface area contributed by atoms with Gasteiger partial charge in [-0.1, -0.05) is 19.3 Å². The Bertz CT molecular complexity index is 334. The minimum Gasteiger partial charge on any atom is -0.369 e. The van der Waals surface area contributed by atoms with E-state index in [-0.39, 0.29) is 17.9 Å². The van der Waals surface area contributed by atoms with E-state index >= 15 is 0 Å². The molecule has 0 atom stereocenters. The number of amides is 2. The smallest absolute Gasteiger partial charge is 0.224 e. The van der Waals surface area contributed by atoms with Gasteiger partial charge in [0.05, 0.1) is 5.41 Å². The summed E-state index contributed by atoms with van der Waals surface area (Å²) >= 11 is 0. The van der Waals surface area contributed by atoms with E-state index in [1.165, 1.54) is 6.42 Å². The van der Waals surface area contributed by atoms with Crippen LogP contribution in [0.5, 0.6) is 0 Å². The quantitative estimate of drug-likeness (QED) is 0.668. The predicted octanol–water partition coefficient (Wildman–Crippen LogP) is 0.913. The molecule has 1 aliphatic rings. The zero-order chi connectivity index (χ0) is 14.5. The van der Waals surface area contributed by atoms with Crippen molar-refractivity contribution in [3.8, 4) is 0 Å². The standard InChI is InChI=1S/C14H27N3O2/c1-13(2,12(16)19)10-17-11(18)8-14(9-15)6-4-3-5-7-14/h3-10,15H2,1-2H3,(H2,16,19)(H,17,18). The first kappa shape index (κ1) is 16.0. The molecule has 0 aromatic carbocycles. The molecule has 1 rings (SSSR count). The van der Waals surface area contributed by atoms with Gasteiger partial charge in [-0.25, -0.2) is 0 Å². The van der Waals surface area contributed by atoms with E-state index in [1.807, 2.05) is 0 Å². The van der Waals surface area contributed by atoms with Crippen molar-refractivity contribution < 1.29 is 9.59 Å². The van der Waals surface area contributed by atoms with Crippen LogP contribution in [0.4, 0.5) is 0 Å². The highest BCUT2D eigenvalue weighted by atomic mass is 16.2. The molecular weight excluding hydrogens is 242 g/mol. The van der Waals surface area contributed by atoms with Gasteiger partial charge < -0.3 is 16.8 Å². The Morgan fingerprint density at radius 2 is 1.79 bits per heavy atom. The van der Waals surface area contributed by atoms with Gasteiger partial charge in [0.15, 0.2) is 0 Å². The molecule has 0 spiro atoms. The first-order valence-electron chi connectivity index (χ1n) is 7.08.